The Labute approximate surface area is 191 Å². The van der Waals surface area contributed by atoms with E-state index in [1.807, 2.05) is 36.4 Å². The summed E-state index contributed by atoms with van der Waals surface area (Å²) >= 11 is 5.93. The second-order valence-electron chi connectivity index (χ2n) is 6.70. The molecule has 0 spiro atoms. The monoisotopic (exact) mass is 475 g/mol. The standard InChI is InChI=1S/C22H23ClN3O5P/c1-3-30-32(29,31-4-2)22(25-19-9-10-20(23)21(15-19)26(27)28)18-7-5-16(6-8-18)17-11-13-24-14-12-17/h5-15,22,25H,3-4H2,1-2H3. The lowest BCUT2D eigenvalue weighted by Gasteiger charge is -2.28. The second kappa shape index (κ2) is 10.7. The van der Waals surface area contributed by atoms with E-state index in [2.05, 4.69) is 10.3 Å². The van der Waals surface area contributed by atoms with Crippen LogP contribution in [-0.2, 0) is 13.6 Å². The molecular formula is C22H23ClN3O5P. The first-order valence-corrected chi connectivity index (χ1v) is 12.0. The van der Waals surface area contributed by atoms with Gasteiger partial charge in [-0.1, -0.05) is 35.9 Å². The first-order valence-electron chi connectivity index (χ1n) is 9.97. The van der Waals surface area contributed by atoms with E-state index in [9.17, 15) is 14.7 Å². The maximum Gasteiger partial charge on any atom is 0.357 e. The van der Waals surface area contributed by atoms with E-state index in [1.165, 1.54) is 12.1 Å². The lowest BCUT2D eigenvalue weighted by molar-refractivity contribution is -0.384. The van der Waals surface area contributed by atoms with Gasteiger partial charge in [0.2, 0.25) is 0 Å². The molecule has 1 atom stereocenters. The topological polar surface area (TPSA) is 104 Å². The van der Waals surface area contributed by atoms with Crippen LogP contribution in [-0.4, -0.2) is 23.1 Å². The molecule has 0 aliphatic carbocycles. The van der Waals surface area contributed by atoms with Gasteiger partial charge in [-0.2, -0.15) is 0 Å². The number of benzene rings is 2. The Morgan fingerprint density at radius 1 is 1.03 bits per heavy atom. The quantitative estimate of drug-likeness (QED) is 0.198. The van der Waals surface area contributed by atoms with Gasteiger partial charge < -0.3 is 14.4 Å². The number of rotatable bonds is 10. The van der Waals surface area contributed by atoms with Crippen LogP contribution in [0.4, 0.5) is 11.4 Å². The van der Waals surface area contributed by atoms with Gasteiger partial charge in [0.1, 0.15) is 5.02 Å². The zero-order valence-corrected chi connectivity index (χ0v) is 19.3. The molecule has 0 amide bonds. The van der Waals surface area contributed by atoms with Crippen molar-refractivity contribution in [1.29, 1.82) is 0 Å². The fraction of sp³-hybridized carbons (Fsp3) is 0.227. The van der Waals surface area contributed by atoms with Crippen LogP contribution >= 0.6 is 19.2 Å². The van der Waals surface area contributed by atoms with Crippen molar-refractivity contribution in [3.05, 3.63) is 87.7 Å². The molecule has 1 N–H and O–H groups in total. The molecule has 8 nitrogen and oxygen atoms in total. The van der Waals surface area contributed by atoms with Gasteiger partial charge in [0.25, 0.3) is 5.69 Å². The number of halogens is 1. The Kier molecular flexibility index (Phi) is 7.99. The van der Waals surface area contributed by atoms with Crippen molar-refractivity contribution < 1.29 is 18.5 Å². The first-order chi connectivity index (χ1) is 15.4. The van der Waals surface area contributed by atoms with Gasteiger partial charge >= 0.3 is 7.60 Å². The highest BCUT2D eigenvalue weighted by Gasteiger charge is 2.37. The molecule has 1 unspecified atom stereocenters. The van der Waals surface area contributed by atoms with E-state index in [1.54, 1.807) is 32.3 Å². The minimum Gasteiger partial charge on any atom is -0.368 e. The van der Waals surface area contributed by atoms with Crippen LogP contribution in [0.25, 0.3) is 11.1 Å². The number of nitrogens with one attached hydrogen (secondary N) is 1. The second-order valence-corrected chi connectivity index (χ2v) is 9.22. The fourth-order valence-corrected chi connectivity index (χ4v) is 5.32. The van der Waals surface area contributed by atoms with Gasteiger partial charge in [-0.3, -0.25) is 19.7 Å². The van der Waals surface area contributed by atoms with E-state index >= 15 is 0 Å². The van der Waals surface area contributed by atoms with Gasteiger partial charge in [-0.25, -0.2) is 0 Å². The molecule has 1 heterocycles. The Hall–Kier alpha value is -2.77. The van der Waals surface area contributed by atoms with E-state index in [-0.39, 0.29) is 23.9 Å². The molecule has 168 valence electrons. The molecule has 0 saturated heterocycles. The molecule has 32 heavy (non-hydrogen) atoms. The number of hydrogen-bond acceptors (Lipinski definition) is 7. The van der Waals surface area contributed by atoms with Crippen LogP contribution in [0, 0.1) is 10.1 Å². The predicted molar refractivity (Wildman–Crippen MR) is 125 cm³/mol. The average Bonchev–Trinajstić information content (AvgIpc) is 2.79. The summed E-state index contributed by atoms with van der Waals surface area (Å²) in [6.45, 7) is 3.79. The van der Waals surface area contributed by atoms with Crippen LogP contribution in [0.2, 0.25) is 5.02 Å². The third-order valence-electron chi connectivity index (χ3n) is 4.62. The Morgan fingerprint density at radius 2 is 1.62 bits per heavy atom. The Balaban J connectivity index is 2.02. The number of aromatic nitrogens is 1. The maximum atomic E-state index is 13.7. The molecule has 0 fully saturated rings. The van der Waals surface area contributed by atoms with Crippen LogP contribution in [0.15, 0.2) is 67.0 Å². The van der Waals surface area contributed by atoms with Crippen molar-refractivity contribution in [2.24, 2.45) is 0 Å². The first kappa shape index (κ1) is 23.9. The summed E-state index contributed by atoms with van der Waals surface area (Å²) < 4.78 is 24.8. The van der Waals surface area contributed by atoms with Crippen LogP contribution < -0.4 is 5.32 Å². The van der Waals surface area contributed by atoms with Crippen LogP contribution in [0.3, 0.4) is 0 Å². The molecule has 10 heteroatoms. The average molecular weight is 476 g/mol. The van der Waals surface area contributed by atoms with Crippen molar-refractivity contribution in [1.82, 2.24) is 4.98 Å². The molecular weight excluding hydrogens is 453 g/mol. The third-order valence-corrected chi connectivity index (χ3v) is 7.24. The highest BCUT2D eigenvalue weighted by atomic mass is 35.5. The summed E-state index contributed by atoms with van der Waals surface area (Å²) in [7, 11) is -3.68. The Morgan fingerprint density at radius 3 is 2.19 bits per heavy atom. The SMILES string of the molecule is CCOP(=O)(OCC)C(Nc1ccc(Cl)c([N+](=O)[O-])c1)c1ccc(-c2ccncc2)cc1. The van der Waals surface area contributed by atoms with Crippen LogP contribution in [0.1, 0.15) is 25.2 Å². The number of nitrogens with zero attached hydrogens (tertiary/aromatic N) is 2. The molecule has 1 aromatic heterocycles. The van der Waals surface area contributed by atoms with Crippen molar-refractivity contribution in [2.75, 3.05) is 18.5 Å². The zero-order chi connectivity index (χ0) is 23.1. The van der Waals surface area contributed by atoms with Crippen molar-refractivity contribution in [3.8, 4) is 11.1 Å². The number of nitro groups is 1. The minimum atomic E-state index is -3.68. The van der Waals surface area contributed by atoms with E-state index in [0.717, 1.165) is 11.1 Å². The highest BCUT2D eigenvalue weighted by Crippen LogP contribution is 2.61. The third kappa shape index (κ3) is 5.53. The predicted octanol–water partition coefficient (Wildman–Crippen LogP) is 6.69. The van der Waals surface area contributed by atoms with Crippen molar-refractivity contribution in [3.63, 3.8) is 0 Å². The molecule has 0 aliphatic rings. The van der Waals surface area contributed by atoms with E-state index in [4.69, 9.17) is 20.6 Å². The molecule has 0 saturated carbocycles. The summed E-state index contributed by atoms with van der Waals surface area (Å²) in [5, 5.41) is 14.4. The largest absolute Gasteiger partial charge is 0.368 e. The lowest BCUT2D eigenvalue weighted by atomic mass is 10.1. The van der Waals surface area contributed by atoms with Crippen molar-refractivity contribution >= 4 is 30.6 Å². The molecule has 0 aliphatic heterocycles. The highest BCUT2D eigenvalue weighted by molar-refractivity contribution is 7.54. The zero-order valence-electron chi connectivity index (χ0n) is 17.6. The summed E-state index contributed by atoms with van der Waals surface area (Å²) in [6, 6.07) is 15.5. The number of hydrogen-bond donors (Lipinski definition) is 1. The minimum absolute atomic E-state index is 0.0107. The van der Waals surface area contributed by atoms with Crippen molar-refractivity contribution in [2.45, 2.75) is 19.6 Å². The number of pyridine rings is 1. The summed E-state index contributed by atoms with van der Waals surface area (Å²) in [6.07, 6.45) is 3.42. The summed E-state index contributed by atoms with van der Waals surface area (Å²) in [4.78, 5) is 14.7. The van der Waals surface area contributed by atoms with Gasteiger partial charge in [-0.05, 0) is 54.8 Å². The molecule has 3 rings (SSSR count). The van der Waals surface area contributed by atoms with Gasteiger partial charge in [-0.15, -0.1) is 0 Å². The normalized spacial score (nSPS) is 12.3. The number of anilines is 1. The Bertz CT molecular complexity index is 1100. The maximum absolute atomic E-state index is 13.7. The fourth-order valence-electron chi connectivity index (χ4n) is 3.19. The molecule has 2 aromatic carbocycles. The summed E-state index contributed by atoms with van der Waals surface area (Å²) in [5.74, 6) is -0.894. The lowest BCUT2D eigenvalue weighted by Crippen LogP contribution is -2.15. The smallest absolute Gasteiger partial charge is 0.357 e. The van der Waals surface area contributed by atoms with Crippen LogP contribution in [0.5, 0.6) is 0 Å². The number of nitro benzene ring substituents is 1. The molecule has 0 bridgehead atoms. The van der Waals surface area contributed by atoms with Gasteiger partial charge in [0.05, 0.1) is 18.1 Å². The summed E-state index contributed by atoms with van der Waals surface area (Å²) in [5.41, 5.74) is 2.70. The van der Waals surface area contributed by atoms with E-state index < -0.39 is 18.3 Å². The van der Waals surface area contributed by atoms with Gasteiger partial charge in [0, 0.05) is 24.1 Å². The molecule has 0 radical (unpaired) electrons. The molecule has 3 aromatic rings. The van der Waals surface area contributed by atoms with Gasteiger partial charge in [0.15, 0.2) is 5.78 Å². The van der Waals surface area contributed by atoms with E-state index in [0.29, 0.717) is 11.3 Å².